The fraction of sp³-hybridized carbons (Fsp3) is 0.500. The van der Waals surface area contributed by atoms with Crippen molar-refractivity contribution in [3.63, 3.8) is 0 Å². The van der Waals surface area contributed by atoms with Gasteiger partial charge in [0.1, 0.15) is 5.84 Å². The van der Waals surface area contributed by atoms with Crippen LogP contribution in [0.1, 0.15) is 27.7 Å². The van der Waals surface area contributed by atoms with Crippen LogP contribution in [-0.4, -0.2) is 37.1 Å². The van der Waals surface area contributed by atoms with E-state index >= 15 is 0 Å². The Bertz CT molecular complexity index is 546. The summed E-state index contributed by atoms with van der Waals surface area (Å²) in [7, 11) is -3.72. The molecule has 0 aliphatic heterocycles. The molecule has 6 heteroatoms. The predicted octanol–water partition coefficient (Wildman–Crippen LogP) is 3.13. The predicted molar refractivity (Wildman–Crippen MR) is 83.9 cm³/mol. The van der Waals surface area contributed by atoms with Crippen LogP contribution in [0.2, 0.25) is 0 Å². The first-order chi connectivity index (χ1) is 9.29. The molecular weight excluding hydrogens is 296 g/mol. The highest BCUT2D eigenvalue weighted by molar-refractivity contribution is 7.90. The zero-order chi connectivity index (χ0) is 15.3. The van der Waals surface area contributed by atoms with Crippen LogP contribution in [0.3, 0.4) is 0 Å². The molecule has 0 aromatic heterocycles. The van der Waals surface area contributed by atoms with Gasteiger partial charge in [0, 0.05) is 12.1 Å². The molecule has 0 N–H and O–H groups in total. The maximum absolute atomic E-state index is 12.3. The molecule has 0 amide bonds. The third-order valence-corrected chi connectivity index (χ3v) is 4.35. The van der Waals surface area contributed by atoms with Crippen LogP contribution in [0.4, 0.5) is 0 Å². The van der Waals surface area contributed by atoms with Gasteiger partial charge in [0.15, 0.2) is 0 Å². The van der Waals surface area contributed by atoms with Gasteiger partial charge in [-0.2, -0.15) is 8.42 Å². The van der Waals surface area contributed by atoms with Gasteiger partial charge in [-0.1, -0.05) is 18.2 Å². The van der Waals surface area contributed by atoms with Gasteiger partial charge in [0.25, 0.3) is 10.0 Å². The second kappa shape index (κ2) is 7.09. The van der Waals surface area contributed by atoms with Crippen LogP contribution in [0.25, 0.3) is 0 Å². The normalized spacial score (nSPS) is 13.1. The van der Waals surface area contributed by atoms with Crippen molar-refractivity contribution in [2.45, 2.75) is 44.7 Å². The van der Waals surface area contributed by atoms with E-state index in [1.54, 1.807) is 18.2 Å². The number of benzene rings is 1. The van der Waals surface area contributed by atoms with Crippen molar-refractivity contribution in [3.8, 4) is 0 Å². The van der Waals surface area contributed by atoms with Crippen molar-refractivity contribution in [3.05, 3.63) is 30.3 Å². The van der Waals surface area contributed by atoms with Crippen molar-refractivity contribution in [1.82, 2.24) is 4.90 Å². The van der Waals surface area contributed by atoms with E-state index < -0.39 is 10.0 Å². The van der Waals surface area contributed by atoms with E-state index in [1.807, 2.05) is 32.6 Å². The van der Waals surface area contributed by atoms with Crippen LogP contribution < -0.4 is 0 Å². The van der Waals surface area contributed by atoms with Crippen molar-refractivity contribution in [2.75, 3.05) is 5.88 Å². The minimum absolute atomic E-state index is 0.0580. The molecule has 0 fully saturated rings. The van der Waals surface area contributed by atoms with E-state index in [0.29, 0.717) is 5.84 Å². The molecule has 1 aromatic rings. The highest BCUT2D eigenvalue weighted by atomic mass is 35.5. The Labute approximate surface area is 126 Å². The van der Waals surface area contributed by atoms with E-state index in [1.165, 1.54) is 12.1 Å². The van der Waals surface area contributed by atoms with Gasteiger partial charge in [-0.05, 0) is 39.8 Å². The number of sulfonamides is 1. The zero-order valence-corrected chi connectivity index (χ0v) is 13.8. The third-order valence-electron chi connectivity index (χ3n) is 2.80. The number of halogens is 1. The summed E-state index contributed by atoms with van der Waals surface area (Å²) in [4.78, 5) is 2.09. The van der Waals surface area contributed by atoms with E-state index in [0.717, 1.165) is 0 Å². The molecule has 0 aliphatic rings. The quantitative estimate of drug-likeness (QED) is 0.476. The molecule has 112 valence electrons. The van der Waals surface area contributed by atoms with Crippen LogP contribution in [-0.2, 0) is 10.0 Å². The second-order valence-electron chi connectivity index (χ2n) is 5.02. The number of hydrogen-bond donors (Lipinski definition) is 0. The molecular formula is C14H21ClN2O2S. The SMILES string of the molecule is CC(C)N(/C(CCl)=N/S(=O)(=O)c1ccccc1)C(C)C. The van der Waals surface area contributed by atoms with Crippen molar-refractivity contribution >= 4 is 27.5 Å². The highest BCUT2D eigenvalue weighted by Gasteiger charge is 2.21. The van der Waals surface area contributed by atoms with Gasteiger partial charge in [0.2, 0.25) is 0 Å². The lowest BCUT2D eigenvalue weighted by Gasteiger charge is -2.32. The number of amidine groups is 1. The summed E-state index contributed by atoms with van der Waals surface area (Å²) in [5, 5.41) is 0. The van der Waals surface area contributed by atoms with E-state index in [9.17, 15) is 8.42 Å². The van der Waals surface area contributed by atoms with Gasteiger partial charge in [-0.25, -0.2) is 0 Å². The average Bonchev–Trinajstić information content (AvgIpc) is 2.37. The fourth-order valence-corrected chi connectivity index (χ4v) is 3.43. The number of alkyl halides is 1. The minimum Gasteiger partial charge on any atom is -0.353 e. The van der Waals surface area contributed by atoms with Crippen LogP contribution >= 0.6 is 11.6 Å². The van der Waals surface area contributed by atoms with Gasteiger partial charge in [0.05, 0.1) is 10.8 Å². The summed E-state index contributed by atoms with van der Waals surface area (Å²) in [5.74, 6) is 0.433. The summed E-state index contributed by atoms with van der Waals surface area (Å²) in [6.07, 6.45) is 0. The van der Waals surface area contributed by atoms with Crippen LogP contribution in [0.5, 0.6) is 0 Å². The summed E-state index contributed by atoms with van der Waals surface area (Å²) >= 11 is 5.91. The van der Waals surface area contributed by atoms with Crippen LogP contribution in [0, 0.1) is 0 Å². The van der Waals surface area contributed by atoms with E-state index in [4.69, 9.17) is 11.6 Å². The number of hydrogen-bond acceptors (Lipinski definition) is 2. The van der Waals surface area contributed by atoms with Gasteiger partial charge in [-0.3, -0.25) is 0 Å². The average molecular weight is 317 g/mol. The van der Waals surface area contributed by atoms with Crippen LogP contribution in [0.15, 0.2) is 39.6 Å². The summed E-state index contributed by atoms with van der Waals surface area (Å²) in [6.45, 7) is 7.93. The van der Waals surface area contributed by atoms with E-state index in [2.05, 4.69) is 4.40 Å². The molecule has 0 saturated heterocycles. The first-order valence-electron chi connectivity index (χ1n) is 6.52. The number of nitrogens with zero attached hydrogens (tertiary/aromatic N) is 2. The van der Waals surface area contributed by atoms with Gasteiger partial charge >= 0.3 is 0 Å². The minimum atomic E-state index is -3.72. The molecule has 1 rings (SSSR count). The van der Waals surface area contributed by atoms with Crippen molar-refractivity contribution in [2.24, 2.45) is 4.40 Å². The summed E-state index contributed by atoms with van der Waals surface area (Å²) in [5.41, 5.74) is 0. The molecule has 20 heavy (non-hydrogen) atoms. The lowest BCUT2D eigenvalue weighted by atomic mass is 10.2. The van der Waals surface area contributed by atoms with Crippen molar-refractivity contribution < 1.29 is 8.42 Å². The molecule has 4 nitrogen and oxygen atoms in total. The topological polar surface area (TPSA) is 49.7 Å². The summed E-state index contributed by atoms with van der Waals surface area (Å²) < 4.78 is 28.5. The van der Waals surface area contributed by atoms with Gasteiger partial charge < -0.3 is 4.90 Å². The third kappa shape index (κ3) is 4.21. The van der Waals surface area contributed by atoms with E-state index in [-0.39, 0.29) is 22.9 Å². The molecule has 0 radical (unpaired) electrons. The molecule has 0 aliphatic carbocycles. The Hall–Kier alpha value is -1.07. The lowest BCUT2D eigenvalue weighted by molar-refractivity contribution is 0.291. The molecule has 0 heterocycles. The Morgan fingerprint density at radius 3 is 2.05 bits per heavy atom. The Morgan fingerprint density at radius 1 is 1.15 bits per heavy atom. The van der Waals surface area contributed by atoms with Crippen molar-refractivity contribution in [1.29, 1.82) is 0 Å². The molecule has 1 aromatic carbocycles. The maximum atomic E-state index is 12.3. The lowest BCUT2D eigenvalue weighted by Crippen LogP contribution is -2.43. The monoisotopic (exact) mass is 316 g/mol. The highest BCUT2D eigenvalue weighted by Crippen LogP contribution is 2.15. The largest absolute Gasteiger partial charge is 0.353 e. The molecule has 0 spiro atoms. The second-order valence-corrected chi connectivity index (χ2v) is 6.90. The Morgan fingerprint density at radius 2 is 1.65 bits per heavy atom. The number of rotatable bonds is 5. The maximum Gasteiger partial charge on any atom is 0.283 e. The molecule has 0 saturated carbocycles. The Kier molecular flexibility index (Phi) is 6.02. The first-order valence-corrected chi connectivity index (χ1v) is 8.50. The molecule has 0 unspecified atom stereocenters. The molecule has 0 atom stereocenters. The van der Waals surface area contributed by atoms with Gasteiger partial charge in [-0.15, -0.1) is 16.0 Å². The first kappa shape index (κ1) is 17.0. The smallest absolute Gasteiger partial charge is 0.283 e. The molecule has 0 bridgehead atoms. The summed E-state index contributed by atoms with van der Waals surface area (Å²) in [6, 6.07) is 8.41. The Balaban J connectivity index is 3.23. The zero-order valence-electron chi connectivity index (χ0n) is 12.2. The standard InChI is InChI=1S/C14H21ClN2O2S/c1-11(2)17(12(3)4)14(10-15)16-20(18,19)13-8-6-5-7-9-13/h5-9,11-12H,10H2,1-4H3/b16-14+. The fourth-order valence-electron chi connectivity index (χ4n) is 2.12.